The Morgan fingerprint density at radius 3 is 2.80 bits per heavy atom. The Kier molecular flexibility index (Phi) is 6.74. The fraction of sp³-hybridized carbons (Fsp3) is 0.320. The molecule has 2 aromatic heterocycles. The summed E-state index contributed by atoms with van der Waals surface area (Å²) in [5.41, 5.74) is 3.12. The van der Waals surface area contributed by atoms with Gasteiger partial charge in [-0.25, -0.2) is 4.39 Å². The number of ether oxygens (including phenoxy) is 2. The SMILES string of the molecule is COCCOc1cc2[nH]nc(-c3cc(-c4ccc(C(=O)N5CC[C@@H]5CSC)cc4)no3)c2cc1F. The van der Waals surface area contributed by atoms with E-state index in [1.54, 1.807) is 31.0 Å². The highest BCUT2D eigenvalue weighted by molar-refractivity contribution is 7.98. The number of halogens is 1. The van der Waals surface area contributed by atoms with E-state index in [9.17, 15) is 9.18 Å². The molecule has 0 bridgehead atoms. The molecular formula is C25H25FN4O4S. The second-order valence-corrected chi connectivity index (χ2v) is 9.20. The summed E-state index contributed by atoms with van der Waals surface area (Å²) < 4.78 is 30.4. The maximum atomic E-state index is 14.6. The summed E-state index contributed by atoms with van der Waals surface area (Å²) in [6, 6.07) is 12.3. The first-order chi connectivity index (χ1) is 17.1. The van der Waals surface area contributed by atoms with Gasteiger partial charge in [-0.1, -0.05) is 17.3 Å². The van der Waals surface area contributed by atoms with Gasteiger partial charge in [-0.2, -0.15) is 16.9 Å². The van der Waals surface area contributed by atoms with Crippen LogP contribution in [-0.4, -0.2) is 71.1 Å². The second-order valence-electron chi connectivity index (χ2n) is 8.29. The number of likely N-dealkylation sites (tertiary alicyclic amines) is 1. The number of benzene rings is 2. The number of amides is 1. The van der Waals surface area contributed by atoms with Crippen LogP contribution < -0.4 is 4.74 Å². The Bertz CT molecular complexity index is 1340. The molecule has 1 N–H and O–H groups in total. The third-order valence-corrected chi connectivity index (χ3v) is 6.81. The van der Waals surface area contributed by atoms with Gasteiger partial charge in [-0.3, -0.25) is 9.89 Å². The van der Waals surface area contributed by atoms with Crippen LogP contribution in [0.5, 0.6) is 5.75 Å². The summed E-state index contributed by atoms with van der Waals surface area (Å²) in [7, 11) is 1.55. The maximum absolute atomic E-state index is 14.6. The number of nitrogens with one attached hydrogen (secondary N) is 1. The van der Waals surface area contributed by atoms with E-state index in [1.807, 2.05) is 29.2 Å². The number of aromatic nitrogens is 3. The normalized spacial score (nSPS) is 15.4. The van der Waals surface area contributed by atoms with Gasteiger partial charge in [0.15, 0.2) is 17.3 Å². The number of aromatic amines is 1. The van der Waals surface area contributed by atoms with Crippen molar-refractivity contribution in [3.05, 3.63) is 53.8 Å². The standard InChI is InChI=1S/C25H25FN4O4S/c1-32-9-10-33-22-13-21-18(11-19(22)26)24(28-27-21)23-12-20(29-34-23)15-3-5-16(6-4-15)25(31)30-8-7-17(30)14-35-2/h3-6,11-13,17H,7-10,14H2,1-2H3,(H,27,28)/t17-/m1/s1. The number of methoxy groups -OCH3 is 1. The van der Waals surface area contributed by atoms with Crippen LogP contribution in [0.1, 0.15) is 16.8 Å². The predicted octanol–water partition coefficient (Wildman–Crippen LogP) is 4.63. The third-order valence-electron chi connectivity index (χ3n) is 6.10. The van der Waals surface area contributed by atoms with Crippen molar-refractivity contribution < 1.29 is 23.2 Å². The fourth-order valence-electron chi connectivity index (χ4n) is 4.10. The molecule has 0 aliphatic carbocycles. The lowest BCUT2D eigenvalue weighted by molar-refractivity contribution is 0.0511. The molecule has 1 amide bonds. The van der Waals surface area contributed by atoms with Crippen LogP contribution in [0.25, 0.3) is 33.6 Å². The summed E-state index contributed by atoms with van der Waals surface area (Å²) >= 11 is 1.76. The average molecular weight is 497 g/mol. The summed E-state index contributed by atoms with van der Waals surface area (Å²) in [6.07, 6.45) is 3.11. The lowest BCUT2D eigenvalue weighted by atomic mass is 10.0. The zero-order valence-electron chi connectivity index (χ0n) is 19.4. The number of carbonyl (C=O) groups excluding carboxylic acids is 1. The van der Waals surface area contributed by atoms with Crippen LogP contribution in [0.2, 0.25) is 0 Å². The summed E-state index contributed by atoms with van der Waals surface area (Å²) in [4.78, 5) is 14.7. The van der Waals surface area contributed by atoms with Crippen LogP contribution >= 0.6 is 11.8 Å². The number of hydrogen-bond donors (Lipinski definition) is 1. The van der Waals surface area contributed by atoms with Gasteiger partial charge in [0, 0.05) is 54.1 Å². The van der Waals surface area contributed by atoms with Crippen LogP contribution in [0.15, 0.2) is 47.0 Å². The molecule has 3 heterocycles. The number of thioether (sulfide) groups is 1. The van der Waals surface area contributed by atoms with Gasteiger partial charge < -0.3 is 18.9 Å². The van der Waals surface area contributed by atoms with E-state index < -0.39 is 5.82 Å². The molecule has 5 rings (SSSR count). The third kappa shape index (κ3) is 4.63. The molecule has 0 unspecified atom stereocenters. The zero-order chi connectivity index (χ0) is 24.4. The highest BCUT2D eigenvalue weighted by atomic mass is 32.2. The van der Waals surface area contributed by atoms with Crippen LogP contribution in [-0.2, 0) is 4.74 Å². The van der Waals surface area contributed by atoms with E-state index in [-0.39, 0.29) is 18.3 Å². The topological polar surface area (TPSA) is 93.5 Å². The molecule has 4 aromatic rings. The lowest BCUT2D eigenvalue weighted by Crippen LogP contribution is -2.52. The minimum absolute atomic E-state index is 0.0540. The molecule has 8 nitrogen and oxygen atoms in total. The first-order valence-electron chi connectivity index (χ1n) is 11.3. The Balaban J connectivity index is 1.34. The van der Waals surface area contributed by atoms with E-state index in [1.165, 1.54) is 6.07 Å². The number of fused-ring (bicyclic) bond motifs is 1. The van der Waals surface area contributed by atoms with Crippen molar-refractivity contribution >= 4 is 28.6 Å². The molecule has 1 saturated heterocycles. The number of hydrogen-bond acceptors (Lipinski definition) is 7. The summed E-state index contributed by atoms with van der Waals surface area (Å²) in [6.45, 7) is 1.40. The number of rotatable bonds is 9. The van der Waals surface area contributed by atoms with E-state index >= 15 is 0 Å². The van der Waals surface area contributed by atoms with Gasteiger partial charge in [-0.05, 0) is 30.9 Å². The molecule has 1 aliphatic heterocycles. The van der Waals surface area contributed by atoms with Gasteiger partial charge in [0.1, 0.15) is 18.0 Å². The maximum Gasteiger partial charge on any atom is 0.254 e. The Morgan fingerprint density at radius 2 is 2.09 bits per heavy atom. The molecule has 0 saturated carbocycles. The molecule has 1 aliphatic rings. The number of nitrogens with zero attached hydrogens (tertiary/aromatic N) is 3. The molecule has 2 aromatic carbocycles. The van der Waals surface area contributed by atoms with Crippen molar-refractivity contribution in [2.45, 2.75) is 12.5 Å². The first-order valence-corrected chi connectivity index (χ1v) is 12.6. The minimum Gasteiger partial charge on any atom is -0.488 e. The molecule has 1 fully saturated rings. The molecule has 0 radical (unpaired) electrons. The van der Waals surface area contributed by atoms with Gasteiger partial charge >= 0.3 is 0 Å². The Hall–Kier alpha value is -3.37. The number of H-pyrrole nitrogens is 1. The van der Waals surface area contributed by atoms with E-state index in [2.05, 4.69) is 21.6 Å². The first kappa shape index (κ1) is 23.4. The van der Waals surface area contributed by atoms with Crippen molar-refractivity contribution in [3.63, 3.8) is 0 Å². The zero-order valence-corrected chi connectivity index (χ0v) is 20.2. The highest BCUT2D eigenvalue weighted by Gasteiger charge is 2.32. The van der Waals surface area contributed by atoms with Gasteiger partial charge in [-0.15, -0.1) is 0 Å². The smallest absolute Gasteiger partial charge is 0.254 e. The van der Waals surface area contributed by atoms with E-state index in [0.717, 1.165) is 24.3 Å². The molecule has 10 heteroatoms. The Labute approximate surface area is 205 Å². The van der Waals surface area contributed by atoms with Crippen LogP contribution in [0.3, 0.4) is 0 Å². The van der Waals surface area contributed by atoms with Crippen molar-refractivity contribution in [1.29, 1.82) is 0 Å². The highest BCUT2D eigenvalue weighted by Crippen LogP contribution is 2.33. The predicted molar refractivity (Wildman–Crippen MR) is 132 cm³/mol. The largest absolute Gasteiger partial charge is 0.488 e. The number of carbonyl (C=O) groups is 1. The second kappa shape index (κ2) is 10.1. The lowest BCUT2D eigenvalue weighted by Gasteiger charge is -2.40. The van der Waals surface area contributed by atoms with E-state index in [0.29, 0.717) is 46.3 Å². The molecule has 1 atom stereocenters. The fourth-order valence-corrected chi connectivity index (χ4v) is 4.83. The summed E-state index contributed by atoms with van der Waals surface area (Å²) in [5, 5.41) is 11.9. The minimum atomic E-state index is -0.502. The molecule has 182 valence electrons. The Morgan fingerprint density at radius 1 is 1.26 bits per heavy atom. The monoisotopic (exact) mass is 496 g/mol. The average Bonchev–Trinajstić information content (AvgIpc) is 3.49. The van der Waals surface area contributed by atoms with E-state index in [4.69, 9.17) is 14.0 Å². The van der Waals surface area contributed by atoms with Gasteiger partial charge in [0.2, 0.25) is 0 Å². The van der Waals surface area contributed by atoms with Gasteiger partial charge in [0.05, 0.1) is 12.1 Å². The van der Waals surface area contributed by atoms with Crippen LogP contribution in [0.4, 0.5) is 4.39 Å². The van der Waals surface area contributed by atoms with Crippen LogP contribution in [0, 0.1) is 5.82 Å². The van der Waals surface area contributed by atoms with Crippen molar-refractivity contribution in [3.8, 4) is 28.5 Å². The molecular weight excluding hydrogens is 471 g/mol. The van der Waals surface area contributed by atoms with Crippen molar-refractivity contribution in [1.82, 2.24) is 20.3 Å². The molecule has 0 spiro atoms. The summed E-state index contributed by atoms with van der Waals surface area (Å²) in [5.74, 6) is 1.03. The van der Waals surface area contributed by atoms with Crippen molar-refractivity contribution in [2.24, 2.45) is 0 Å². The van der Waals surface area contributed by atoms with Crippen molar-refractivity contribution in [2.75, 3.05) is 38.9 Å². The van der Waals surface area contributed by atoms with Gasteiger partial charge in [0.25, 0.3) is 5.91 Å². The molecule has 35 heavy (non-hydrogen) atoms. The quantitative estimate of drug-likeness (QED) is 0.338.